The van der Waals surface area contributed by atoms with Gasteiger partial charge in [-0.3, -0.25) is 9.59 Å². The molecule has 0 radical (unpaired) electrons. The average Bonchev–Trinajstić information content (AvgIpc) is 2.95. The molecule has 3 aromatic rings. The number of anilines is 1. The zero-order valence-electron chi connectivity index (χ0n) is 21.5. The van der Waals surface area contributed by atoms with Crippen LogP contribution >= 0.6 is 23.4 Å². The first-order valence-electron chi connectivity index (χ1n) is 12.8. The molecule has 0 atom stereocenters. The van der Waals surface area contributed by atoms with Gasteiger partial charge >= 0.3 is 6.09 Å². The first kappa shape index (κ1) is 26.8. The Morgan fingerprint density at radius 1 is 0.949 bits per heavy atom. The van der Waals surface area contributed by atoms with Crippen molar-refractivity contribution in [3.8, 4) is 0 Å². The van der Waals surface area contributed by atoms with Crippen molar-refractivity contribution in [1.29, 1.82) is 0 Å². The van der Waals surface area contributed by atoms with Crippen LogP contribution in [0, 0.1) is 0 Å². The second-order valence-electron chi connectivity index (χ2n) is 9.20. The molecule has 7 nitrogen and oxygen atoms in total. The van der Waals surface area contributed by atoms with Gasteiger partial charge in [-0.05, 0) is 60.5 Å². The Kier molecular flexibility index (Phi) is 8.24. The predicted octanol–water partition coefficient (Wildman–Crippen LogP) is 5.93. The van der Waals surface area contributed by atoms with E-state index in [0.717, 1.165) is 21.7 Å². The molecule has 1 saturated heterocycles. The fourth-order valence-electron chi connectivity index (χ4n) is 4.60. The number of piperazine rings is 1. The molecule has 39 heavy (non-hydrogen) atoms. The summed E-state index contributed by atoms with van der Waals surface area (Å²) >= 11 is 7.63. The summed E-state index contributed by atoms with van der Waals surface area (Å²) in [4.78, 5) is 45.3. The molecule has 2 heterocycles. The molecule has 9 heteroatoms. The summed E-state index contributed by atoms with van der Waals surface area (Å²) in [5.41, 5.74) is 3.21. The fraction of sp³-hybridized carbons (Fsp3) is 0.233. The molecular formula is C30H28ClN3O4S. The van der Waals surface area contributed by atoms with Gasteiger partial charge in [-0.1, -0.05) is 59.8 Å². The summed E-state index contributed by atoms with van der Waals surface area (Å²) in [5.74, 6) is -0.166. The monoisotopic (exact) mass is 561 g/mol. The Labute approximate surface area is 237 Å². The van der Waals surface area contributed by atoms with Crippen LogP contribution in [0.2, 0.25) is 5.02 Å². The highest BCUT2D eigenvalue weighted by atomic mass is 35.5. The number of nitrogens with zero attached hydrogens (tertiary/aromatic N) is 3. The minimum absolute atomic E-state index is 0.0811. The van der Waals surface area contributed by atoms with E-state index in [2.05, 4.69) is 0 Å². The van der Waals surface area contributed by atoms with E-state index in [1.165, 1.54) is 11.8 Å². The van der Waals surface area contributed by atoms with E-state index in [0.29, 0.717) is 54.8 Å². The average molecular weight is 562 g/mol. The normalized spacial score (nSPS) is 16.3. The Morgan fingerprint density at radius 2 is 1.67 bits per heavy atom. The number of rotatable bonds is 5. The van der Waals surface area contributed by atoms with Crippen molar-refractivity contribution in [3.05, 3.63) is 99.4 Å². The Bertz CT molecular complexity index is 1420. The van der Waals surface area contributed by atoms with Crippen LogP contribution in [-0.2, 0) is 16.1 Å². The van der Waals surface area contributed by atoms with Gasteiger partial charge in [-0.25, -0.2) is 4.79 Å². The third-order valence-corrected chi connectivity index (χ3v) is 7.92. The standard InChI is InChI=1S/C30H28ClN3O4S/c1-2-38-30(37)33-16-14-32(15-17-33)28(35)23-12-10-21(11-13-23)19-27-29(36)34(20-22-6-5-7-24(31)18-22)25-8-3-4-9-26(25)39-27/h3-13,18-19H,2,14-17,20H2,1H3. The Hall–Kier alpha value is -3.75. The van der Waals surface area contributed by atoms with E-state index in [1.54, 1.807) is 33.8 Å². The lowest BCUT2D eigenvalue weighted by atomic mass is 10.1. The maximum atomic E-state index is 13.6. The van der Waals surface area contributed by atoms with Crippen LogP contribution in [0.4, 0.5) is 10.5 Å². The topological polar surface area (TPSA) is 70.2 Å². The van der Waals surface area contributed by atoms with Crippen molar-refractivity contribution < 1.29 is 19.1 Å². The molecule has 3 amide bonds. The predicted molar refractivity (Wildman–Crippen MR) is 154 cm³/mol. The van der Waals surface area contributed by atoms with Crippen LogP contribution in [0.5, 0.6) is 0 Å². The molecule has 0 bridgehead atoms. The molecule has 3 aromatic carbocycles. The van der Waals surface area contributed by atoms with Crippen molar-refractivity contribution in [1.82, 2.24) is 9.80 Å². The van der Waals surface area contributed by atoms with Gasteiger partial charge in [0.1, 0.15) is 0 Å². The maximum absolute atomic E-state index is 13.6. The van der Waals surface area contributed by atoms with Crippen molar-refractivity contribution in [2.24, 2.45) is 0 Å². The van der Waals surface area contributed by atoms with Gasteiger partial charge in [0, 0.05) is 41.7 Å². The van der Waals surface area contributed by atoms with E-state index in [-0.39, 0.29) is 17.9 Å². The second kappa shape index (κ2) is 12.0. The van der Waals surface area contributed by atoms with Crippen LogP contribution in [0.3, 0.4) is 0 Å². The highest BCUT2D eigenvalue weighted by Gasteiger charge is 2.29. The van der Waals surface area contributed by atoms with Crippen molar-refractivity contribution in [3.63, 3.8) is 0 Å². The molecule has 5 rings (SSSR count). The number of fused-ring (bicyclic) bond motifs is 1. The Balaban J connectivity index is 1.30. The van der Waals surface area contributed by atoms with Crippen molar-refractivity contribution in [2.45, 2.75) is 18.4 Å². The molecule has 0 spiro atoms. The lowest BCUT2D eigenvalue weighted by Gasteiger charge is -2.34. The van der Waals surface area contributed by atoms with Gasteiger partial charge < -0.3 is 19.4 Å². The van der Waals surface area contributed by atoms with E-state index < -0.39 is 0 Å². The van der Waals surface area contributed by atoms with Crippen LogP contribution in [0.25, 0.3) is 6.08 Å². The summed E-state index contributed by atoms with van der Waals surface area (Å²) in [6, 6.07) is 22.6. The zero-order valence-corrected chi connectivity index (χ0v) is 23.1. The molecule has 0 saturated carbocycles. The molecule has 2 aliphatic rings. The number of benzene rings is 3. The van der Waals surface area contributed by atoms with Gasteiger partial charge in [0.05, 0.1) is 23.7 Å². The smallest absolute Gasteiger partial charge is 0.409 e. The number of hydrogen-bond acceptors (Lipinski definition) is 5. The van der Waals surface area contributed by atoms with E-state index in [9.17, 15) is 14.4 Å². The fourth-order valence-corrected chi connectivity index (χ4v) is 5.87. The van der Waals surface area contributed by atoms with E-state index >= 15 is 0 Å². The maximum Gasteiger partial charge on any atom is 0.409 e. The van der Waals surface area contributed by atoms with Crippen molar-refractivity contribution in [2.75, 3.05) is 37.7 Å². The van der Waals surface area contributed by atoms with Crippen LogP contribution in [-0.4, -0.2) is 60.5 Å². The molecule has 0 aliphatic carbocycles. The summed E-state index contributed by atoms with van der Waals surface area (Å²) in [5, 5.41) is 0.630. The minimum Gasteiger partial charge on any atom is -0.450 e. The number of carbonyl (C=O) groups is 3. The van der Waals surface area contributed by atoms with Gasteiger partial charge in [0.25, 0.3) is 11.8 Å². The van der Waals surface area contributed by atoms with Crippen LogP contribution in [0.15, 0.2) is 82.6 Å². The van der Waals surface area contributed by atoms with Crippen LogP contribution < -0.4 is 4.90 Å². The third-order valence-electron chi connectivity index (χ3n) is 6.61. The second-order valence-corrected chi connectivity index (χ2v) is 10.7. The summed E-state index contributed by atoms with van der Waals surface area (Å²) in [6.45, 7) is 4.31. The van der Waals surface area contributed by atoms with E-state index in [1.807, 2.05) is 66.7 Å². The summed E-state index contributed by atoms with van der Waals surface area (Å²) in [6.07, 6.45) is 1.52. The zero-order chi connectivity index (χ0) is 27.4. The molecule has 0 N–H and O–H groups in total. The highest BCUT2D eigenvalue weighted by molar-refractivity contribution is 8.04. The summed E-state index contributed by atoms with van der Waals surface area (Å²) < 4.78 is 5.05. The first-order chi connectivity index (χ1) is 18.9. The number of amides is 3. The van der Waals surface area contributed by atoms with Crippen LogP contribution in [0.1, 0.15) is 28.4 Å². The molecule has 0 aromatic heterocycles. The number of ether oxygens (including phenoxy) is 1. The van der Waals surface area contributed by atoms with Gasteiger partial charge in [0.2, 0.25) is 0 Å². The molecule has 0 unspecified atom stereocenters. The quantitative estimate of drug-likeness (QED) is 0.361. The SMILES string of the molecule is CCOC(=O)N1CCN(C(=O)c2ccc(C=C3Sc4ccccc4N(Cc4cccc(Cl)c4)C3=O)cc2)CC1. The number of thioether (sulfide) groups is 1. The molecule has 200 valence electrons. The van der Waals surface area contributed by atoms with Gasteiger partial charge in [-0.2, -0.15) is 0 Å². The number of hydrogen-bond donors (Lipinski definition) is 0. The number of para-hydroxylation sites is 1. The lowest BCUT2D eigenvalue weighted by Crippen LogP contribution is -2.50. The highest BCUT2D eigenvalue weighted by Crippen LogP contribution is 2.42. The van der Waals surface area contributed by atoms with Gasteiger partial charge in [-0.15, -0.1) is 0 Å². The largest absolute Gasteiger partial charge is 0.450 e. The number of halogens is 1. The number of carbonyl (C=O) groups excluding carboxylic acids is 3. The Morgan fingerprint density at radius 3 is 2.38 bits per heavy atom. The minimum atomic E-state index is -0.342. The first-order valence-corrected chi connectivity index (χ1v) is 14.0. The van der Waals surface area contributed by atoms with E-state index in [4.69, 9.17) is 16.3 Å². The summed E-state index contributed by atoms with van der Waals surface area (Å²) in [7, 11) is 0. The van der Waals surface area contributed by atoms with Gasteiger partial charge in [0.15, 0.2) is 0 Å². The third kappa shape index (κ3) is 6.13. The molecule has 2 aliphatic heterocycles. The molecular weight excluding hydrogens is 534 g/mol. The van der Waals surface area contributed by atoms with Crippen molar-refractivity contribution >= 4 is 53.0 Å². The lowest BCUT2D eigenvalue weighted by molar-refractivity contribution is -0.114. The molecule has 1 fully saturated rings.